The molecule has 0 aromatic carbocycles. The van der Waals surface area contributed by atoms with Crippen molar-refractivity contribution in [1.29, 1.82) is 5.26 Å². The Labute approximate surface area is 87.3 Å². The van der Waals surface area contributed by atoms with E-state index in [9.17, 15) is 0 Å². The van der Waals surface area contributed by atoms with Gasteiger partial charge in [-0.25, -0.2) is 0 Å². The second kappa shape index (κ2) is 5.33. The van der Waals surface area contributed by atoms with Gasteiger partial charge >= 0.3 is 0 Å². The van der Waals surface area contributed by atoms with E-state index < -0.39 is 0 Å². The Morgan fingerprint density at radius 3 is 2.43 bits per heavy atom. The van der Waals surface area contributed by atoms with Crippen LogP contribution in [-0.4, -0.2) is 49.1 Å². The molecule has 0 aromatic rings. The van der Waals surface area contributed by atoms with Crippen LogP contribution in [0, 0.1) is 11.3 Å². The molecule has 0 N–H and O–H groups in total. The van der Waals surface area contributed by atoms with Crippen LogP contribution in [0.5, 0.6) is 0 Å². The number of nitrogens with zero attached hydrogens (tertiary/aromatic N) is 3. The number of hydrogen-bond donors (Lipinski definition) is 0. The summed E-state index contributed by atoms with van der Waals surface area (Å²) in [5.74, 6) is 0. The fourth-order valence-electron chi connectivity index (χ4n) is 2.10. The first-order valence-electron chi connectivity index (χ1n) is 5.42. The molecule has 0 radical (unpaired) electrons. The van der Waals surface area contributed by atoms with Crippen LogP contribution in [0.25, 0.3) is 0 Å². The van der Waals surface area contributed by atoms with E-state index in [0.29, 0.717) is 12.5 Å². The Hall–Kier alpha value is -0.590. The lowest BCUT2D eigenvalue weighted by molar-refractivity contribution is 0.116. The van der Waals surface area contributed by atoms with Crippen molar-refractivity contribution in [2.24, 2.45) is 0 Å². The van der Waals surface area contributed by atoms with Crippen LogP contribution in [0.4, 0.5) is 0 Å². The molecule has 1 aliphatic heterocycles. The molecule has 14 heavy (non-hydrogen) atoms. The Morgan fingerprint density at radius 1 is 1.43 bits per heavy atom. The molecule has 0 aliphatic carbocycles. The van der Waals surface area contributed by atoms with Crippen molar-refractivity contribution in [2.45, 2.75) is 38.3 Å². The molecule has 1 heterocycles. The first-order valence-corrected chi connectivity index (χ1v) is 5.42. The van der Waals surface area contributed by atoms with Crippen LogP contribution in [0.15, 0.2) is 0 Å². The maximum absolute atomic E-state index is 8.62. The third kappa shape index (κ3) is 2.97. The number of rotatable bonds is 3. The average Bonchev–Trinajstić information content (AvgIpc) is 2.18. The van der Waals surface area contributed by atoms with Crippen LogP contribution in [-0.2, 0) is 0 Å². The molecule has 3 heteroatoms. The summed E-state index contributed by atoms with van der Waals surface area (Å²) < 4.78 is 0. The van der Waals surface area contributed by atoms with E-state index in [1.54, 1.807) is 0 Å². The summed E-state index contributed by atoms with van der Waals surface area (Å²) >= 11 is 0. The van der Waals surface area contributed by atoms with Gasteiger partial charge in [-0.05, 0) is 47.0 Å². The molecule has 1 rings (SSSR count). The first-order chi connectivity index (χ1) is 6.65. The summed E-state index contributed by atoms with van der Waals surface area (Å²) in [7, 11) is 4.30. The van der Waals surface area contributed by atoms with Crippen molar-refractivity contribution in [3.8, 4) is 6.07 Å². The van der Waals surface area contributed by atoms with Gasteiger partial charge in [0.25, 0.3) is 0 Å². The van der Waals surface area contributed by atoms with Gasteiger partial charge in [-0.1, -0.05) is 0 Å². The minimum absolute atomic E-state index is 0.433. The van der Waals surface area contributed by atoms with Crippen LogP contribution in [0.1, 0.15) is 26.2 Å². The molecule has 0 bridgehead atoms. The molecule has 80 valence electrons. The summed E-state index contributed by atoms with van der Waals surface area (Å²) in [6.07, 6.45) is 3.14. The molecule has 0 saturated carbocycles. The third-order valence-electron chi connectivity index (χ3n) is 3.24. The normalized spacial score (nSPS) is 22.2. The fourth-order valence-corrected chi connectivity index (χ4v) is 2.10. The van der Waals surface area contributed by atoms with Gasteiger partial charge < -0.3 is 4.90 Å². The number of likely N-dealkylation sites (tertiary alicyclic amines) is 1. The Kier molecular flexibility index (Phi) is 4.37. The summed E-state index contributed by atoms with van der Waals surface area (Å²) in [4.78, 5) is 4.75. The van der Waals surface area contributed by atoms with Gasteiger partial charge in [0.2, 0.25) is 0 Å². The van der Waals surface area contributed by atoms with Crippen molar-refractivity contribution in [1.82, 2.24) is 9.80 Å². The molecule has 3 nitrogen and oxygen atoms in total. The van der Waals surface area contributed by atoms with Gasteiger partial charge in [-0.3, -0.25) is 4.90 Å². The van der Waals surface area contributed by atoms with Crippen LogP contribution < -0.4 is 0 Å². The standard InChI is InChI=1S/C11H21N3/c1-10(4-7-12)14-8-5-11(6-9-14)13(2)3/h10-11H,4-6,8-9H2,1-3H3. The van der Waals surface area contributed by atoms with Gasteiger partial charge in [0.1, 0.15) is 0 Å². The van der Waals surface area contributed by atoms with E-state index in [4.69, 9.17) is 5.26 Å². The minimum atomic E-state index is 0.433. The monoisotopic (exact) mass is 195 g/mol. The topological polar surface area (TPSA) is 30.3 Å². The highest BCUT2D eigenvalue weighted by Gasteiger charge is 2.23. The number of nitriles is 1. The molecule has 0 aromatic heterocycles. The lowest BCUT2D eigenvalue weighted by Crippen LogP contribution is -2.45. The molecule has 1 fully saturated rings. The highest BCUT2D eigenvalue weighted by Crippen LogP contribution is 2.17. The average molecular weight is 195 g/mol. The van der Waals surface area contributed by atoms with Crippen molar-refractivity contribution < 1.29 is 0 Å². The molecule has 1 unspecified atom stereocenters. The highest BCUT2D eigenvalue weighted by molar-refractivity contribution is 4.84. The van der Waals surface area contributed by atoms with E-state index in [1.807, 2.05) is 0 Å². The number of hydrogen-bond acceptors (Lipinski definition) is 3. The molecule has 1 atom stereocenters. The Bertz CT molecular complexity index is 199. The largest absolute Gasteiger partial charge is 0.306 e. The number of piperidine rings is 1. The van der Waals surface area contributed by atoms with Gasteiger partial charge in [0.05, 0.1) is 12.5 Å². The van der Waals surface area contributed by atoms with Gasteiger partial charge in [-0.2, -0.15) is 5.26 Å². The van der Waals surface area contributed by atoms with Gasteiger partial charge in [0, 0.05) is 12.1 Å². The predicted octanol–water partition coefficient (Wildman–Crippen LogP) is 1.31. The zero-order valence-corrected chi connectivity index (χ0v) is 9.53. The fraction of sp³-hybridized carbons (Fsp3) is 0.909. The second-order valence-corrected chi connectivity index (χ2v) is 4.44. The van der Waals surface area contributed by atoms with Crippen molar-refractivity contribution >= 4 is 0 Å². The lowest BCUT2D eigenvalue weighted by Gasteiger charge is -2.37. The van der Waals surface area contributed by atoms with Crippen molar-refractivity contribution in [3.05, 3.63) is 0 Å². The minimum Gasteiger partial charge on any atom is -0.306 e. The van der Waals surface area contributed by atoms with E-state index in [2.05, 4.69) is 36.9 Å². The van der Waals surface area contributed by atoms with E-state index in [1.165, 1.54) is 12.8 Å². The predicted molar refractivity (Wildman–Crippen MR) is 58.0 cm³/mol. The first kappa shape index (κ1) is 11.5. The van der Waals surface area contributed by atoms with E-state index >= 15 is 0 Å². The van der Waals surface area contributed by atoms with Crippen LogP contribution >= 0.6 is 0 Å². The van der Waals surface area contributed by atoms with Crippen LogP contribution in [0.3, 0.4) is 0 Å². The summed E-state index contributed by atoms with van der Waals surface area (Å²) in [6.45, 7) is 4.44. The molecule has 0 spiro atoms. The maximum Gasteiger partial charge on any atom is 0.0638 e. The SMILES string of the molecule is CC(CC#N)N1CCC(N(C)C)CC1. The van der Waals surface area contributed by atoms with Crippen molar-refractivity contribution in [3.63, 3.8) is 0 Å². The molecule has 0 amide bonds. The highest BCUT2D eigenvalue weighted by atomic mass is 15.2. The van der Waals surface area contributed by atoms with E-state index in [0.717, 1.165) is 19.1 Å². The Morgan fingerprint density at radius 2 is 2.00 bits per heavy atom. The second-order valence-electron chi connectivity index (χ2n) is 4.44. The van der Waals surface area contributed by atoms with E-state index in [-0.39, 0.29) is 0 Å². The Balaban J connectivity index is 2.32. The molecular formula is C11H21N3. The molecular weight excluding hydrogens is 174 g/mol. The third-order valence-corrected chi connectivity index (χ3v) is 3.24. The molecule has 1 aliphatic rings. The van der Waals surface area contributed by atoms with Gasteiger partial charge in [-0.15, -0.1) is 0 Å². The zero-order valence-electron chi connectivity index (χ0n) is 9.53. The quantitative estimate of drug-likeness (QED) is 0.680. The summed E-state index contributed by atoms with van der Waals surface area (Å²) in [5.41, 5.74) is 0. The summed E-state index contributed by atoms with van der Waals surface area (Å²) in [5, 5.41) is 8.62. The smallest absolute Gasteiger partial charge is 0.0638 e. The lowest BCUT2D eigenvalue weighted by atomic mass is 10.0. The maximum atomic E-state index is 8.62. The van der Waals surface area contributed by atoms with Crippen LogP contribution in [0.2, 0.25) is 0 Å². The van der Waals surface area contributed by atoms with Gasteiger partial charge in [0.15, 0.2) is 0 Å². The molecule has 1 saturated heterocycles. The zero-order chi connectivity index (χ0) is 10.6. The van der Waals surface area contributed by atoms with Crippen molar-refractivity contribution in [2.75, 3.05) is 27.2 Å². The summed E-state index contributed by atoms with van der Waals surface area (Å²) in [6, 6.07) is 3.42.